The second-order valence-corrected chi connectivity index (χ2v) is 11.3. The van der Waals surface area contributed by atoms with Crippen LogP contribution in [0.25, 0.3) is 11.2 Å². The molecule has 0 aliphatic heterocycles. The summed E-state index contributed by atoms with van der Waals surface area (Å²) < 4.78 is 21.6. The van der Waals surface area contributed by atoms with Gasteiger partial charge in [0.1, 0.15) is 19.0 Å². The number of aryl methyl sites for hydroxylation is 1. The summed E-state index contributed by atoms with van der Waals surface area (Å²) in [6, 6.07) is 15.4. The molecule has 13 heteroatoms. The minimum Gasteiger partial charge on any atom is -0.490 e. The number of benzene rings is 2. The lowest BCUT2D eigenvalue weighted by Gasteiger charge is -2.13. The monoisotopic (exact) mass is 685 g/mol. The molecule has 4 rings (SSSR count). The fraction of sp³-hybridized carbons (Fsp3) is 0.346. The van der Waals surface area contributed by atoms with Crippen LogP contribution in [0.3, 0.4) is 0 Å². The van der Waals surface area contributed by atoms with Crippen molar-refractivity contribution in [3.8, 4) is 11.8 Å². The third kappa shape index (κ3) is 7.40. The molecular formula is C26H30ClIN5O5P. The highest BCUT2D eigenvalue weighted by Crippen LogP contribution is 2.22. The van der Waals surface area contributed by atoms with Crippen LogP contribution in [-0.2, 0) is 31.2 Å². The normalized spacial score (nSPS) is 11.7. The zero-order valence-electron chi connectivity index (χ0n) is 21.9. The summed E-state index contributed by atoms with van der Waals surface area (Å²) in [6.45, 7) is 2.20. The predicted molar refractivity (Wildman–Crippen MR) is 163 cm³/mol. The summed E-state index contributed by atoms with van der Waals surface area (Å²) in [7, 11) is 5.62. The maximum absolute atomic E-state index is 13.5. The number of halogens is 2. The Morgan fingerprint density at radius 3 is 2.46 bits per heavy atom. The van der Waals surface area contributed by atoms with E-state index < -0.39 is 11.2 Å². The third-order valence-corrected chi connectivity index (χ3v) is 7.40. The second-order valence-electron chi connectivity index (χ2n) is 9.09. The van der Waals surface area contributed by atoms with Crippen molar-refractivity contribution in [3.05, 3.63) is 85.5 Å². The van der Waals surface area contributed by atoms with Crippen LogP contribution in [-0.4, -0.2) is 57.5 Å². The number of imidazole rings is 1. The Balaban J connectivity index is 1.62. The topological polar surface area (TPSA) is 92.8 Å². The number of nitrogens with zero attached hydrogens (tertiary/aromatic N) is 5. The molecule has 0 fully saturated rings. The first kappa shape index (κ1) is 29.5. The van der Waals surface area contributed by atoms with Gasteiger partial charge in [-0.3, -0.25) is 18.5 Å². The fourth-order valence-corrected chi connectivity index (χ4v) is 5.10. The SMILES string of the molecule is CN(C)Cc1cccc(OCCOc2nc3c(c(=O)n(CCOPI)c(=O)n3C)n2Cc2ccc(Cl)cc2)c1. The van der Waals surface area contributed by atoms with Crippen molar-refractivity contribution in [2.75, 3.05) is 33.9 Å². The van der Waals surface area contributed by atoms with E-state index in [4.69, 9.17) is 25.6 Å². The summed E-state index contributed by atoms with van der Waals surface area (Å²) in [6.07, 6.45) is 0. The number of fused-ring (bicyclic) bond motifs is 1. The Hall–Kier alpha value is -2.44. The van der Waals surface area contributed by atoms with E-state index in [0.29, 0.717) is 11.6 Å². The van der Waals surface area contributed by atoms with Crippen molar-refractivity contribution in [2.24, 2.45) is 7.05 Å². The lowest BCUT2D eigenvalue weighted by molar-refractivity contribution is 0.201. The Kier molecular flexibility index (Phi) is 10.4. The third-order valence-electron chi connectivity index (χ3n) is 5.90. The molecule has 1 unspecified atom stereocenters. The first-order chi connectivity index (χ1) is 18.8. The van der Waals surface area contributed by atoms with Crippen molar-refractivity contribution >= 4 is 51.3 Å². The summed E-state index contributed by atoms with van der Waals surface area (Å²) in [5, 5.41) is 0.609. The van der Waals surface area contributed by atoms with E-state index in [1.54, 1.807) is 23.7 Å². The highest BCUT2D eigenvalue weighted by molar-refractivity contribution is 14.2. The predicted octanol–water partition coefficient (Wildman–Crippen LogP) is 4.08. The van der Waals surface area contributed by atoms with Gasteiger partial charge in [-0.1, -0.05) is 35.9 Å². The zero-order chi connectivity index (χ0) is 27.9. The molecule has 0 N–H and O–H groups in total. The van der Waals surface area contributed by atoms with E-state index in [1.165, 1.54) is 9.13 Å². The molecule has 0 aliphatic carbocycles. The number of ether oxygens (including phenoxy) is 2. The first-order valence-electron chi connectivity index (χ1n) is 12.2. The lowest BCUT2D eigenvalue weighted by Crippen LogP contribution is -2.40. The molecule has 2 heterocycles. The van der Waals surface area contributed by atoms with E-state index in [-0.39, 0.29) is 50.0 Å². The van der Waals surface area contributed by atoms with Crippen molar-refractivity contribution in [3.63, 3.8) is 0 Å². The number of hydrogen-bond donors (Lipinski definition) is 0. The van der Waals surface area contributed by atoms with Crippen LogP contribution in [0, 0.1) is 0 Å². The van der Waals surface area contributed by atoms with Gasteiger partial charge in [-0.15, -0.1) is 0 Å². The van der Waals surface area contributed by atoms with E-state index in [0.717, 1.165) is 23.4 Å². The quantitative estimate of drug-likeness (QED) is 0.119. The van der Waals surface area contributed by atoms with E-state index in [1.807, 2.05) is 50.5 Å². The van der Waals surface area contributed by atoms with Gasteiger partial charge in [0.05, 0.1) is 26.1 Å². The second kappa shape index (κ2) is 13.8. The number of rotatable bonds is 13. The van der Waals surface area contributed by atoms with Gasteiger partial charge in [0, 0.05) is 18.6 Å². The van der Waals surface area contributed by atoms with Gasteiger partial charge in [-0.25, -0.2) is 4.79 Å². The summed E-state index contributed by atoms with van der Waals surface area (Å²) in [5.74, 6) is 0.743. The Bertz CT molecular complexity index is 1540. The molecule has 10 nitrogen and oxygen atoms in total. The number of aromatic nitrogens is 4. The summed E-state index contributed by atoms with van der Waals surface area (Å²) in [5.41, 5.74) is 1.65. The Morgan fingerprint density at radius 2 is 1.74 bits per heavy atom. The largest absolute Gasteiger partial charge is 0.490 e. The zero-order valence-corrected chi connectivity index (χ0v) is 25.8. The van der Waals surface area contributed by atoms with Crippen molar-refractivity contribution in [1.29, 1.82) is 0 Å². The van der Waals surface area contributed by atoms with Gasteiger partial charge in [-0.2, -0.15) is 4.98 Å². The van der Waals surface area contributed by atoms with E-state index in [2.05, 4.69) is 31.9 Å². The molecule has 0 amide bonds. The summed E-state index contributed by atoms with van der Waals surface area (Å²) >= 11 is 8.17. The molecule has 39 heavy (non-hydrogen) atoms. The molecule has 4 aromatic rings. The van der Waals surface area contributed by atoms with Crippen LogP contribution in [0.4, 0.5) is 0 Å². The van der Waals surface area contributed by atoms with E-state index >= 15 is 0 Å². The summed E-state index contributed by atoms with van der Waals surface area (Å²) in [4.78, 5) is 33.1. The average molecular weight is 686 g/mol. The molecule has 0 saturated heterocycles. The molecule has 0 spiro atoms. The van der Waals surface area contributed by atoms with Gasteiger partial charge in [0.25, 0.3) is 11.6 Å². The first-order valence-corrected chi connectivity index (χ1v) is 16.6. The van der Waals surface area contributed by atoms with Crippen LogP contribution in [0.2, 0.25) is 5.02 Å². The van der Waals surface area contributed by atoms with Crippen molar-refractivity contribution in [1.82, 2.24) is 23.6 Å². The Labute approximate surface area is 245 Å². The molecule has 2 aromatic heterocycles. The Morgan fingerprint density at radius 1 is 1.00 bits per heavy atom. The van der Waals surface area contributed by atoms with Crippen LogP contribution in [0.1, 0.15) is 11.1 Å². The lowest BCUT2D eigenvalue weighted by atomic mass is 10.2. The van der Waals surface area contributed by atoms with Gasteiger partial charge in [-0.05, 0) is 71.5 Å². The number of hydrogen-bond acceptors (Lipinski definition) is 7. The molecule has 0 aliphatic rings. The molecule has 0 saturated carbocycles. The molecule has 0 bridgehead atoms. The maximum atomic E-state index is 13.5. The smallest absolute Gasteiger partial charge is 0.332 e. The van der Waals surface area contributed by atoms with Gasteiger partial charge < -0.3 is 18.9 Å². The highest BCUT2D eigenvalue weighted by Gasteiger charge is 2.21. The molecule has 1 atom stereocenters. The van der Waals surface area contributed by atoms with Crippen LogP contribution in [0.15, 0.2) is 58.1 Å². The highest BCUT2D eigenvalue weighted by atomic mass is 127. The molecular weight excluding hydrogens is 656 g/mol. The molecule has 0 radical (unpaired) electrons. The molecule has 208 valence electrons. The minimum atomic E-state index is -0.462. The van der Waals surface area contributed by atoms with Crippen LogP contribution < -0.4 is 20.7 Å². The van der Waals surface area contributed by atoms with Crippen molar-refractivity contribution in [2.45, 2.75) is 19.6 Å². The molecule has 2 aromatic carbocycles. The van der Waals surface area contributed by atoms with E-state index in [9.17, 15) is 9.59 Å². The van der Waals surface area contributed by atoms with Gasteiger partial charge in [0.15, 0.2) is 11.2 Å². The van der Waals surface area contributed by atoms with Gasteiger partial charge in [0.2, 0.25) is 0 Å². The standard InChI is InChI=1S/C26H30ClIN5O5P/c1-30(2)16-19-5-4-6-21(15-19)36-13-14-37-25-29-23-22(33(25)17-18-7-9-20(27)10-8-18)24(34)32(11-12-38-39-28)26(35)31(23)3/h4-10,15,39H,11-14,16-17H2,1-3H3. The minimum absolute atomic E-state index is 0.139. The van der Waals surface area contributed by atoms with Crippen LogP contribution in [0.5, 0.6) is 11.8 Å². The van der Waals surface area contributed by atoms with Crippen molar-refractivity contribution < 1.29 is 14.0 Å². The van der Waals surface area contributed by atoms with Gasteiger partial charge >= 0.3 is 5.69 Å². The average Bonchev–Trinajstić information content (AvgIpc) is 3.26. The maximum Gasteiger partial charge on any atom is 0.332 e. The fourth-order valence-electron chi connectivity index (χ4n) is 4.14. The van der Waals surface area contributed by atoms with Crippen LogP contribution >= 0.6 is 40.1 Å².